The molecule has 0 spiro atoms. The van der Waals surface area contributed by atoms with E-state index in [-0.39, 0.29) is 11.4 Å². The summed E-state index contributed by atoms with van der Waals surface area (Å²) >= 11 is 6.51. The molecule has 1 aliphatic carbocycles. The van der Waals surface area contributed by atoms with Crippen LogP contribution in [-0.2, 0) is 0 Å². The van der Waals surface area contributed by atoms with Crippen LogP contribution in [0.4, 0.5) is 10.1 Å². The minimum atomic E-state index is -0.449. The summed E-state index contributed by atoms with van der Waals surface area (Å²) in [6.45, 7) is 5.86. The SMILES string of the molecule is CC1(C)C[C@H](NC2=C(Cl)C=NC(Nc3ccc(F)c(-n4nnnc4C4CC4)c3)N2)C[C@@H]2CCCN21. The molecule has 2 aromatic rings. The first-order valence-electron chi connectivity index (χ1n) is 12.4. The smallest absolute Gasteiger partial charge is 0.195 e. The number of piperidine rings is 1. The summed E-state index contributed by atoms with van der Waals surface area (Å²) in [7, 11) is 0. The Kier molecular flexibility index (Phi) is 5.68. The summed E-state index contributed by atoms with van der Waals surface area (Å²) in [6.07, 6.45) is 7.94. The van der Waals surface area contributed by atoms with Crippen molar-refractivity contribution in [1.29, 1.82) is 0 Å². The summed E-state index contributed by atoms with van der Waals surface area (Å²) in [6, 6.07) is 5.75. The molecule has 3 atom stereocenters. The van der Waals surface area contributed by atoms with Crippen LogP contribution in [0.5, 0.6) is 0 Å². The summed E-state index contributed by atoms with van der Waals surface area (Å²) in [5, 5.41) is 22.8. The van der Waals surface area contributed by atoms with Crippen LogP contribution >= 0.6 is 11.6 Å². The molecule has 186 valence electrons. The fraction of sp³-hybridized carbons (Fsp3) is 0.583. The molecule has 35 heavy (non-hydrogen) atoms. The number of allylic oxidation sites excluding steroid dienone is 1. The van der Waals surface area contributed by atoms with Gasteiger partial charge in [0.25, 0.3) is 0 Å². The average molecular weight is 500 g/mol. The first-order chi connectivity index (χ1) is 16.9. The van der Waals surface area contributed by atoms with Gasteiger partial charge in [-0.25, -0.2) is 9.38 Å². The number of halogens is 2. The van der Waals surface area contributed by atoms with Gasteiger partial charge in [0.15, 0.2) is 12.1 Å². The van der Waals surface area contributed by atoms with Crippen LogP contribution in [-0.4, -0.2) is 61.8 Å². The number of nitrogens with one attached hydrogen (secondary N) is 3. The van der Waals surface area contributed by atoms with E-state index in [9.17, 15) is 4.39 Å². The van der Waals surface area contributed by atoms with Crippen LogP contribution < -0.4 is 16.0 Å². The monoisotopic (exact) mass is 499 g/mol. The molecular formula is C24H31ClFN9. The summed E-state index contributed by atoms with van der Waals surface area (Å²) in [5.74, 6) is 1.39. The Morgan fingerprint density at radius 3 is 2.89 bits per heavy atom. The molecule has 3 fully saturated rings. The minimum Gasteiger partial charge on any atom is -0.368 e. The molecule has 1 aromatic heterocycles. The maximum Gasteiger partial charge on any atom is 0.195 e. The Labute approximate surface area is 209 Å². The zero-order valence-corrected chi connectivity index (χ0v) is 20.8. The topological polar surface area (TPSA) is 95.3 Å². The number of aromatic nitrogens is 4. The molecule has 0 bridgehead atoms. The van der Waals surface area contributed by atoms with Crippen LogP contribution in [0.15, 0.2) is 34.0 Å². The van der Waals surface area contributed by atoms with Crippen LogP contribution in [0, 0.1) is 5.82 Å². The maximum absolute atomic E-state index is 14.7. The number of nitrogens with zero attached hydrogens (tertiary/aromatic N) is 6. The van der Waals surface area contributed by atoms with Crippen LogP contribution in [0.1, 0.15) is 64.1 Å². The molecule has 0 amide bonds. The number of fused-ring (bicyclic) bond motifs is 1. The molecule has 3 aliphatic heterocycles. The highest BCUT2D eigenvalue weighted by atomic mass is 35.5. The van der Waals surface area contributed by atoms with Gasteiger partial charge in [-0.15, -0.1) is 5.10 Å². The molecule has 0 radical (unpaired) electrons. The molecule has 9 nitrogen and oxygen atoms in total. The third kappa shape index (κ3) is 4.49. The first kappa shape index (κ1) is 22.7. The van der Waals surface area contributed by atoms with Crippen molar-refractivity contribution in [3.8, 4) is 5.69 Å². The van der Waals surface area contributed by atoms with Crippen molar-refractivity contribution in [1.82, 2.24) is 35.7 Å². The molecule has 4 aliphatic rings. The fourth-order valence-electron chi connectivity index (χ4n) is 5.84. The van der Waals surface area contributed by atoms with Gasteiger partial charge < -0.3 is 16.0 Å². The highest BCUT2D eigenvalue weighted by Gasteiger charge is 2.43. The van der Waals surface area contributed by atoms with Crippen molar-refractivity contribution >= 4 is 23.5 Å². The lowest BCUT2D eigenvalue weighted by atomic mass is 9.84. The Bertz CT molecular complexity index is 1170. The molecule has 2 saturated heterocycles. The second-order valence-electron chi connectivity index (χ2n) is 10.7. The quantitative estimate of drug-likeness (QED) is 0.560. The standard InChI is InChI=1S/C24H31ClFN9/c1-24(2)12-16(10-17-4-3-9-34(17)24)28-21-18(25)13-27-23(30-21)29-15-7-8-19(26)20(11-15)35-22(14-5-6-14)31-32-33-35/h7-8,11,13-14,16-17,23,28-30H,3-6,9-10,12H2,1-2H3/t16-,17+,23?/m1/s1. The Morgan fingerprint density at radius 2 is 2.06 bits per heavy atom. The average Bonchev–Trinajstić information content (AvgIpc) is 3.33. The second-order valence-corrected chi connectivity index (χ2v) is 11.1. The second kappa shape index (κ2) is 8.74. The summed E-state index contributed by atoms with van der Waals surface area (Å²) in [5.41, 5.74) is 1.18. The molecular weight excluding hydrogens is 469 g/mol. The van der Waals surface area contributed by atoms with E-state index in [4.69, 9.17) is 11.6 Å². The zero-order chi connectivity index (χ0) is 24.2. The largest absolute Gasteiger partial charge is 0.368 e. The summed E-state index contributed by atoms with van der Waals surface area (Å²) in [4.78, 5) is 7.13. The first-order valence-corrected chi connectivity index (χ1v) is 12.8. The lowest BCUT2D eigenvalue weighted by Gasteiger charge is -2.48. The number of tetrazole rings is 1. The van der Waals surface area contributed by atoms with Crippen molar-refractivity contribution in [2.75, 3.05) is 11.9 Å². The molecule has 6 rings (SSSR count). The van der Waals surface area contributed by atoms with Crippen LogP contribution in [0.3, 0.4) is 0 Å². The number of hydrogen-bond donors (Lipinski definition) is 3. The predicted octanol–water partition coefficient (Wildman–Crippen LogP) is 3.45. The lowest BCUT2D eigenvalue weighted by Crippen LogP contribution is -2.57. The van der Waals surface area contributed by atoms with E-state index in [1.165, 1.54) is 30.1 Å². The molecule has 11 heteroatoms. The van der Waals surface area contributed by atoms with Gasteiger partial charge in [-0.3, -0.25) is 4.90 Å². The Hall–Kier alpha value is -2.72. The van der Waals surface area contributed by atoms with E-state index in [0.717, 1.165) is 31.5 Å². The number of benzene rings is 1. The van der Waals surface area contributed by atoms with Crippen molar-refractivity contribution in [2.45, 2.75) is 82.2 Å². The fourth-order valence-corrected chi connectivity index (χ4v) is 6.00. The summed E-state index contributed by atoms with van der Waals surface area (Å²) < 4.78 is 16.2. The van der Waals surface area contributed by atoms with E-state index < -0.39 is 6.29 Å². The van der Waals surface area contributed by atoms with Gasteiger partial charge >= 0.3 is 0 Å². The molecule has 1 aromatic carbocycles. The highest BCUT2D eigenvalue weighted by molar-refractivity contribution is 6.39. The van der Waals surface area contributed by atoms with Gasteiger partial charge in [-0.2, -0.15) is 4.68 Å². The van der Waals surface area contributed by atoms with Crippen molar-refractivity contribution < 1.29 is 4.39 Å². The van der Waals surface area contributed by atoms with E-state index in [1.54, 1.807) is 18.3 Å². The van der Waals surface area contributed by atoms with Gasteiger partial charge in [0.2, 0.25) is 0 Å². The molecule has 3 N–H and O–H groups in total. The Morgan fingerprint density at radius 1 is 1.20 bits per heavy atom. The van der Waals surface area contributed by atoms with E-state index in [0.29, 0.717) is 40.2 Å². The molecule has 1 unspecified atom stereocenters. The van der Waals surface area contributed by atoms with Gasteiger partial charge in [-0.1, -0.05) is 11.6 Å². The van der Waals surface area contributed by atoms with Gasteiger partial charge in [0.05, 0.1) is 5.03 Å². The van der Waals surface area contributed by atoms with E-state index in [1.807, 2.05) is 0 Å². The molecule has 1 saturated carbocycles. The van der Waals surface area contributed by atoms with Gasteiger partial charge in [0.1, 0.15) is 17.3 Å². The third-order valence-electron chi connectivity index (χ3n) is 7.58. The highest BCUT2D eigenvalue weighted by Crippen LogP contribution is 2.40. The van der Waals surface area contributed by atoms with Crippen molar-refractivity contribution in [2.24, 2.45) is 4.99 Å². The van der Waals surface area contributed by atoms with Crippen LogP contribution in [0.2, 0.25) is 0 Å². The van der Waals surface area contributed by atoms with Gasteiger partial charge in [-0.05, 0) is 87.5 Å². The Balaban J connectivity index is 1.15. The predicted molar refractivity (Wildman–Crippen MR) is 133 cm³/mol. The number of rotatable bonds is 6. The van der Waals surface area contributed by atoms with Crippen molar-refractivity contribution in [3.05, 3.63) is 40.7 Å². The number of aliphatic imine (C=N–C) groups is 1. The normalized spacial score (nSPS) is 28.1. The molecule has 4 heterocycles. The third-order valence-corrected chi connectivity index (χ3v) is 7.86. The minimum absolute atomic E-state index is 0.157. The van der Waals surface area contributed by atoms with E-state index >= 15 is 0 Å². The maximum atomic E-state index is 14.7. The lowest BCUT2D eigenvalue weighted by molar-refractivity contribution is 0.0395. The zero-order valence-electron chi connectivity index (χ0n) is 20.0. The van der Waals surface area contributed by atoms with Gasteiger partial charge in [0, 0.05) is 35.4 Å². The van der Waals surface area contributed by atoms with Crippen molar-refractivity contribution in [3.63, 3.8) is 0 Å². The number of hydrogen-bond acceptors (Lipinski definition) is 8. The van der Waals surface area contributed by atoms with E-state index in [2.05, 4.69) is 55.2 Å². The number of anilines is 1. The van der Waals surface area contributed by atoms with Crippen LogP contribution in [0.25, 0.3) is 5.69 Å².